The van der Waals surface area contributed by atoms with E-state index in [4.69, 9.17) is 11.5 Å². The number of phenolic OH excluding ortho intramolecular Hbond substituents is 1. The molecule has 0 radical (unpaired) electrons. The minimum Gasteiger partial charge on any atom is -0.508 e. The minimum absolute atomic E-state index is 0.113. The van der Waals surface area contributed by atoms with Crippen LogP contribution in [0.15, 0.2) is 54.6 Å². The average Bonchev–Trinajstić information content (AvgIpc) is 2.74. The maximum Gasteiger partial charge on any atom is 0.217 e. The molecule has 0 aliphatic carbocycles. The van der Waals surface area contributed by atoms with Crippen LogP contribution in [0.3, 0.4) is 0 Å². The SMILES string of the molecule is Cc1cc(O)cc(N)c1CCC(N)=O.Fc1cc(Cc2ccccc2)cc2c1NCCC2. The Balaban J connectivity index is 0.000000188. The van der Waals surface area contributed by atoms with Crippen molar-refractivity contribution in [2.75, 3.05) is 17.6 Å². The topological polar surface area (TPSA) is 101 Å². The molecular formula is C26H30FN3O2. The van der Waals surface area contributed by atoms with E-state index >= 15 is 0 Å². The lowest BCUT2D eigenvalue weighted by atomic mass is 9.97. The van der Waals surface area contributed by atoms with Crippen molar-refractivity contribution in [1.82, 2.24) is 0 Å². The van der Waals surface area contributed by atoms with Crippen LogP contribution < -0.4 is 16.8 Å². The minimum atomic E-state index is -0.350. The second-order valence-corrected chi connectivity index (χ2v) is 8.10. The summed E-state index contributed by atoms with van der Waals surface area (Å²) in [6.07, 6.45) is 3.65. The summed E-state index contributed by atoms with van der Waals surface area (Å²) in [5.41, 5.74) is 17.1. The van der Waals surface area contributed by atoms with Gasteiger partial charge in [0.1, 0.15) is 11.6 Å². The predicted molar refractivity (Wildman–Crippen MR) is 127 cm³/mol. The van der Waals surface area contributed by atoms with Gasteiger partial charge in [0.25, 0.3) is 0 Å². The fourth-order valence-electron chi connectivity index (χ4n) is 3.96. The molecule has 0 saturated heterocycles. The summed E-state index contributed by atoms with van der Waals surface area (Å²) in [6.45, 7) is 2.72. The molecule has 0 saturated carbocycles. The van der Waals surface area contributed by atoms with Crippen LogP contribution in [0.1, 0.15) is 40.7 Å². The highest BCUT2D eigenvalue weighted by atomic mass is 19.1. The molecule has 1 aliphatic rings. The molecule has 0 bridgehead atoms. The van der Waals surface area contributed by atoms with Crippen LogP contribution in [0.4, 0.5) is 15.8 Å². The molecule has 0 unspecified atom stereocenters. The lowest BCUT2D eigenvalue weighted by Crippen LogP contribution is -2.13. The number of hydrogen-bond donors (Lipinski definition) is 4. The van der Waals surface area contributed by atoms with Crippen molar-refractivity contribution in [3.63, 3.8) is 0 Å². The number of nitrogens with two attached hydrogens (primary N) is 2. The highest BCUT2D eigenvalue weighted by Gasteiger charge is 2.14. The number of fused-ring (bicyclic) bond motifs is 1. The molecule has 3 aromatic carbocycles. The van der Waals surface area contributed by atoms with Crippen LogP contribution in [0.5, 0.6) is 5.75 Å². The third-order valence-corrected chi connectivity index (χ3v) is 5.52. The first-order chi connectivity index (χ1) is 15.3. The summed E-state index contributed by atoms with van der Waals surface area (Å²) in [4.78, 5) is 10.6. The molecule has 1 aliphatic heterocycles. The number of rotatable bonds is 5. The van der Waals surface area contributed by atoms with Gasteiger partial charge in [0.2, 0.25) is 5.91 Å². The van der Waals surface area contributed by atoms with Crippen molar-refractivity contribution in [2.24, 2.45) is 5.73 Å². The van der Waals surface area contributed by atoms with Gasteiger partial charge in [-0.1, -0.05) is 36.4 Å². The third-order valence-electron chi connectivity index (χ3n) is 5.52. The van der Waals surface area contributed by atoms with Crippen LogP contribution in [0, 0.1) is 12.7 Å². The molecule has 6 heteroatoms. The average molecular weight is 436 g/mol. The highest BCUT2D eigenvalue weighted by Crippen LogP contribution is 2.27. The van der Waals surface area contributed by atoms with Crippen LogP contribution in [0.2, 0.25) is 0 Å². The van der Waals surface area contributed by atoms with Crippen molar-refractivity contribution in [3.8, 4) is 5.75 Å². The number of amides is 1. The van der Waals surface area contributed by atoms with Gasteiger partial charge < -0.3 is 21.9 Å². The number of carbonyl (C=O) groups is 1. The van der Waals surface area contributed by atoms with E-state index in [1.54, 1.807) is 12.1 Å². The van der Waals surface area contributed by atoms with Gasteiger partial charge in [0.15, 0.2) is 0 Å². The molecule has 0 spiro atoms. The van der Waals surface area contributed by atoms with Crippen molar-refractivity contribution in [2.45, 2.75) is 39.0 Å². The summed E-state index contributed by atoms with van der Waals surface area (Å²) >= 11 is 0. The van der Waals surface area contributed by atoms with Crippen molar-refractivity contribution >= 4 is 17.3 Å². The van der Waals surface area contributed by atoms with E-state index in [0.29, 0.717) is 17.8 Å². The van der Waals surface area contributed by atoms with E-state index < -0.39 is 0 Å². The van der Waals surface area contributed by atoms with Crippen LogP contribution >= 0.6 is 0 Å². The number of halogens is 1. The number of aromatic hydroxyl groups is 1. The van der Waals surface area contributed by atoms with Crippen molar-refractivity contribution in [1.29, 1.82) is 0 Å². The Hall–Kier alpha value is -3.54. The zero-order chi connectivity index (χ0) is 23.1. The Morgan fingerprint density at radius 3 is 2.56 bits per heavy atom. The van der Waals surface area contributed by atoms with Gasteiger partial charge in [0, 0.05) is 24.7 Å². The van der Waals surface area contributed by atoms with E-state index in [1.807, 2.05) is 25.1 Å². The molecule has 4 rings (SSSR count). The molecule has 1 amide bonds. The van der Waals surface area contributed by atoms with Crippen LogP contribution in [-0.2, 0) is 24.1 Å². The molecule has 0 fully saturated rings. The lowest BCUT2D eigenvalue weighted by molar-refractivity contribution is -0.117. The van der Waals surface area contributed by atoms with Crippen molar-refractivity contribution in [3.05, 3.63) is 88.2 Å². The standard InChI is InChI=1S/C16H16FN.C10H14N2O2/c17-15-11-13(9-12-5-2-1-3-6-12)10-14-7-4-8-18-16(14)15;1-6-4-7(13)5-9(11)8(6)2-3-10(12)14/h1-3,5-6,10-11,18H,4,7-9H2;4-5,13H,2-3,11H2,1H3,(H2,12,14). The second kappa shape index (κ2) is 10.7. The normalized spacial score (nSPS) is 12.2. The zero-order valence-corrected chi connectivity index (χ0v) is 18.3. The monoisotopic (exact) mass is 435 g/mol. The first-order valence-corrected chi connectivity index (χ1v) is 10.8. The van der Waals surface area contributed by atoms with Gasteiger partial charge in [-0.15, -0.1) is 0 Å². The second-order valence-electron chi connectivity index (χ2n) is 8.10. The smallest absolute Gasteiger partial charge is 0.217 e. The van der Waals surface area contributed by atoms with E-state index in [-0.39, 0.29) is 23.9 Å². The third kappa shape index (κ3) is 6.23. The fourth-order valence-corrected chi connectivity index (χ4v) is 3.96. The Kier molecular flexibility index (Phi) is 7.71. The first kappa shape index (κ1) is 23.1. The number of benzene rings is 3. The number of hydrogen-bond acceptors (Lipinski definition) is 4. The number of aryl methyl sites for hydroxylation is 2. The number of phenols is 1. The van der Waals surface area contributed by atoms with Gasteiger partial charge >= 0.3 is 0 Å². The summed E-state index contributed by atoms with van der Waals surface area (Å²) in [7, 11) is 0. The van der Waals surface area contributed by atoms with Crippen LogP contribution in [0.25, 0.3) is 0 Å². The van der Waals surface area contributed by atoms with Gasteiger partial charge in [-0.3, -0.25) is 4.79 Å². The predicted octanol–water partition coefficient (Wildman–Crippen LogP) is 4.48. The van der Waals surface area contributed by atoms with Crippen molar-refractivity contribution < 1.29 is 14.3 Å². The number of anilines is 2. The Morgan fingerprint density at radius 2 is 1.88 bits per heavy atom. The van der Waals surface area contributed by atoms with Gasteiger partial charge in [-0.25, -0.2) is 4.39 Å². The highest BCUT2D eigenvalue weighted by molar-refractivity contribution is 5.74. The molecular weight excluding hydrogens is 405 g/mol. The molecule has 168 valence electrons. The molecule has 1 heterocycles. The molecule has 6 N–H and O–H groups in total. The Bertz CT molecular complexity index is 1060. The molecule has 3 aromatic rings. The molecule has 32 heavy (non-hydrogen) atoms. The number of nitrogens with one attached hydrogen (secondary N) is 1. The van der Waals surface area contributed by atoms with Gasteiger partial charge in [-0.2, -0.15) is 0 Å². The number of carbonyl (C=O) groups excluding carboxylic acids is 1. The maximum atomic E-state index is 14.0. The largest absolute Gasteiger partial charge is 0.508 e. The molecule has 5 nitrogen and oxygen atoms in total. The maximum absolute atomic E-state index is 14.0. The van der Waals surface area contributed by atoms with E-state index in [9.17, 15) is 14.3 Å². The van der Waals surface area contributed by atoms with E-state index in [1.165, 1.54) is 11.6 Å². The summed E-state index contributed by atoms with van der Waals surface area (Å²) in [6, 6.07) is 17.1. The molecule has 0 atom stereocenters. The first-order valence-electron chi connectivity index (χ1n) is 10.8. The molecule has 0 aromatic heterocycles. The summed E-state index contributed by atoms with van der Waals surface area (Å²) < 4.78 is 14.0. The Morgan fingerprint density at radius 1 is 1.12 bits per heavy atom. The quantitative estimate of drug-likeness (QED) is 0.444. The lowest BCUT2D eigenvalue weighted by Gasteiger charge is -2.19. The van der Waals surface area contributed by atoms with Gasteiger partial charge in [-0.05, 0) is 72.6 Å². The number of primary amides is 1. The Labute approximate surface area is 188 Å². The fraction of sp³-hybridized carbons (Fsp3) is 0.269. The number of nitrogen functional groups attached to an aromatic ring is 1. The summed E-state index contributed by atoms with van der Waals surface area (Å²) in [5.74, 6) is -0.321. The van der Waals surface area contributed by atoms with E-state index in [2.05, 4.69) is 23.5 Å². The summed E-state index contributed by atoms with van der Waals surface area (Å²) in [5, 5.41) is 12.4. The zero-order valence-electron chi connectivity index (χ0n) is 18.3. The van der Waals surface area contributed by atoms with E-state index in [0.717, 1.165) is 48.1 Å². The van der Waals surface area contributed by atoms with Gasteiger partial charge in [0.05, 0.1) is 5.69 Å². The van der Waals surface area contributed by atoms with Crippen LogP contribution in [-0.4, -0.2) is 17.6 Å².